The molecule has 0 spiro atoms. The second kappa shape index (κ2) is 7.20. The van der Waals surface area contributed by atoms with Crippen LogP contribution < -0.4 is 0 Å². The highest BCUT2D eigenvalue weighted by Gasteiger charge is 2.30. The Balaban J connectivity index is 1.42. The Kier molecular flexibility index (Phi) is 4.39. The molecule has 0 bridgehead atoms. The number of aromatic amines is 1. The zero-order valence-electron chi connectivity index (χ0n) is 16.4. The summed E-state index contributed by atoms with van der Waals surface area (Å²) in [5.74, 6) is 1.32. The van der Waals surface area contributed by atoms with Crippen LogP contribution >= 0.6 is 0 Å². The molecule has 1 fully saturated rings. The van der Waals surface area contributed by atoms with Crippen molar-refractivity contribution in [2.75, 3.05) is 13.1 Å². The molecular weight excluding hydrogens is 362 g/mol. The second-order valence-electron chi connectivity index (χ2n) is 7.63. The van der Waals surface area contributed by atoms with Gasteiger partial charge in [0.15, 0.2) is 0 Å². The van der Waals surface area contributed by atoms with Gasteiger partial charge in [0.1, 0.15) is 5.82 Å². The molecule has 2 aromatic heterocycles. The van der Waals surface area contributed by atoms with E-state index in [2.05, 4.69) is 27.9 Å². The van der Waals surface area contributed by atoms with Crippen LogP contribution in [0.2, 0.25) is 0 Å². The number of amides is 1. The van der Waals surface area contributed by atoms with Crippen LogP contribution in [0.1, 0.15) is 34.9 Å². The summed E-state index contributed by atoms with van der Waals surface area (Å²) in [4.78, 5) is 20.1. The van der Waals surface area contributed by atoms with Gasteiger partial charge in [0.05, 0.1) is 28.5 Å². The van der Waals surface area contributed by atoms with E-state index >= 15 is 0 Å². The maximum Gasteiger partial charge on any atom is 0.257 e. The number of carbonyl (C=O) groups is 1. The number of para-hydroxylation sites is 2. The van der Waals surface area contributed by atoms with Crippen LogP contribution in [0.25, 0.3) is 22.3 Å². The van der Waals surface area contributed by atoms with Gasteiger partial charge >= 0.3 is 0 Å². The number of H-pyrrole nitrogens is 1. The molecule has 1 atom stereocenters. The monoisotopic (exact) mass is 385 g/mol. The first-order valence-corrected chi connectivity index (χ1v) is 10.0. The van der Waals surface area contributed by atoms with Crippen LogP contribution in [0.3, 0.4) is 0 Å². The van der Waals surface area contributed by atoms with E-state index in [1.807, 2.05) is 53.4 Å². The minimum Gasteiger partial charge on any atom is -0.338 e. The zero-order chi connectivity index (χ0) is 19.8. The van der Waals surface area contributed by atoms with Crippen molar-refractivity contribution in [2.24, 2.45) is 7.05 Å². The highest BCUT2D eigenvalue weighted by atomic mass is 16.2. The van der Waals surface area contributed by atoms with E-state index in [0.29, 0.717) is 12.1 Å². The van der Waals surface area contributed by atoms with Crippen molar-refractivity contribution in [2.45, 2.75) is 18.8 Å². The third-order valence-corrected chi connectivity index (χ3v) is 5.83. The number of aromatic nitrogens is 4. The molecule has 5 rings (SSSR count). The Morgan fingerprint density at radius 1 is 1.10 bits per heavy atom. The van der Waals surface area contributed by atoms with Crippen molar-refractivity contribution < 1.29 is 4.79 Å². The summed E-state index contributed by atoms with van der Waals surface area (Å²) < 4.78 is 2.17. The third-order valence-electron chi connectivity index (χ3n) is 5.83. The second-order valence-corrected chi connectivity index (χ2v) is 7.63. The molecule has 6 heteroatoms. The van der Waals surface area contributed by atoms with Gasteiger partial charge in [-0.25, -0.2) is 4.98 Å². The summed E-state index contributed by atoms with van der Waals surface area (Å²) in [6.07, 6.45) is 3.65. The molecule has 4 aromatic rings. The quantitative estimate of drug-likeness (QED) is 0.580. The molecule has 146 valence electrons. The number of rotatable bonds is 3. The van der Waals surface area contributed by atoms with Gasteiger partial charge in [-0.3, -0.25) is 9.89 Å². The summed E-state index contributed by atoms with van der Waals surface area (Å²) in [5.41, 5.74) is 4.52. The summed E-state index contributed by atoms with van der Waals surface area (Å²) in [6.45, 7) is 1.44. The van der Waals surface area contributed by atoms with Gasteiger partial charge in [-0.1, -0.05) is 42.5 Å². The van der Waals surface area contributed by atoms with Crippen LogP contribution in [0.5, 0.6) is 0 Å². The lowest BCUT2D eigenvalue weighted by atomic mass is 9.96. The van der Waals surface area contributed by atoms with Gasteiger partial charge in [-0.05, 0) is 25.0 Å². The van der Waals surface area contributed by atoms with Crippen molar-refractivity contribution in [1.82, 2.24) is 24.6 Å². The fourth-order valence-corrected chi connectivity index (χ4v) is 4.35. The number of benzene rings is 2. The van der Waals surface area contributed by atoms with Crippen molar-refractivity contribution in [3.8, 4) is 11.3 Å². The molecule has 3 heterocycles. The average Bonchev–Trinajstić information content (AvgIpc) is 3.39. The molecule has 1 amide bonds. The molecule has 0 radical (unpaired) electrons. The van der Waals surface area contributed by atoms with Gasteiger partial charge in [-0.15, -0.1) is 0 Å². The van der Waals surface area contributed by atoms with Crippen molar-refractivity contribution >= 4 is 16.9 Å². The topological polar surface area (TPSA) is 66.8 Å². The normalized spacial score (nSPS) is 17.0. The van der Waals surface area contributed by atoms with Gasteiger partial charge in [0, 0.05) is 31.6 Å². The minimum absolute atomic E-state index is 0.0288. The first-order valence-electron chi connectivity index (χ1n) is 10.0. The van der Waals surface area contributed by atoms with Crippen LogP contribution in [-0.2, 0) is 7.05 Å². The summed E-state index contributed by atoms with van der Waals surface area (Å²) >= 11 is 0. The van der Waals surface area contributed by atoms with Crippen LogP contribution in [0.15, 0.2) is 60.8 Å². The van der Waals surface area contributed by atoms with E-state index in [9.17, 15) is 4.79 Å². The Bertz CT molecular complexity index is 1160. The van der Waals surface area contributed by atoms with Crippen LogP contribution in [0.4, 0.5) is 0 Å². The minimum atomic E-state index is 0.0288. The lowest BCUT2D eigenvalue weighted by molar-refractivity contribution is 0.0704. The van der Waals surface area contributed by atoms with E-state index in [-0.39, 0.29) is 11.8 Å². The Morgan fingerprint density at radius 2 is 1.90 bits per heavy atom. The number of nitrogens with one attached hydrogen (secondary N) is 1. The van der Waals surface area contributed by atoms with Gasteiger partial charge in [0.25, 0.3) is 5.91 Å². The lowest BCUT2D eigenvalue weighted by Crippen LogP contribution is -2.39. The van der Waals surface area contributed by atoms with Gasteiger partial charge < -0.3 is 9.47 Å². The first kappa shape index (κ1) is 17.7. The fraction of sp³-hybridized carbons (Fsp3) is 0.261. The maximum absolute atomic E-state index is 13.3. The van der Waals surface area contributed by atoms with Crippen LogP contribution in [-0.4, -0.2) is 43.6 Å². The molecule has 1 aliphatic heterocycles. The molecule has 0 saturated carbocycles. The van der Waals surface area contributed by atoms with E-state index in [0.717, 1.165) is 47.5 Å². The number of hydrogen-bond donors (Lipinski definition) is 1. The third kappa shape index (κ3) is 3.10. The predicted molar refractivity (Wildman–Crippen MR) is 113 cm³/mol. The summed E-state index contributed by atoms with van der Waals surface area (Å²) in [6, 6.07) is 18.1. The smallest absolute Gasteiger partial charge is 0.257 e. The Labute approximate surface area is 169 Å². The number of piperidine rings is 1. The molecular formula is C23H23N5O. The zero-order valence-corrected chi connectivity index (χ0v) is 16.4. The highest BCUT2D eigenvalue weighted by molar-refractivity contribution is 5.99. The molecule has 6 nitrogen and oxygen atoms in total. The molecule has 0 aliphatic carbocycles. The number of fused-ring (bicyclic) bond motifs is 1. The molecule has 2 aromatic carbocycles. The van der Waals surface area contributed by atoms with E-state index < -0.39 is 0 Å². The molecule has 1 aliphatic rings. The van der Waals surface area contributed by atoms with E-state index in [1.165, 1.54) is 0 Å². The molecule has 29 heavy (non-hydrogen) atoms. The number of nitrogens with zero attached hydrogens (tertiary/aromatic N) is 4. The summed E-state index contributed by atoms with van der Waals surface area (Å²) in [5, 5.41) is 7.14. The van der Waals surface area contributed by atoms with Crippen LogP contribution in [0, 0.1) is 0 Å². The summed E-state index contributed by atoms with van der Waals surface area (Å²) in [7, 11) is 2.06. The number of carbonyl (C=O) groups excluding carboxylic acids is 1. The van der Waals surface area contributed by atoms with Gasteiger partial charge in [0.2, 0.25) is 0 Å². The van der Waals surface area contributed by atoms with Crippen molar-refractivity contribution in [3.63, 3.8) is 0 Å². The van der Waals surface area contributed by atoms with Crippen molar-refractivity contribution in [1.29, 1.82) is 0 Å². The number of imidazole rings is 1. The van der Waals surface area contributed by atoms with Gasteiger partial charge in [-0.2, -0.15) is 5.10 Å². The standard InChI is InChI=1S/C23H23N5O/c1-27-20-12-6-5-11-19(20)25-22(27)17-10-7-13-28(15-17)23(29)18-14-24-26-21(18)16-8-3-2-4-9-16/h2-6,8-9,11-12,14,17H,7,10,13,15H2,1H3,(H,24,26). The average molecular weight is 385 g/mol. The van der Waals surface area contributed by atoms with Crippen molar-refractivity contribution in [3.05, 3.63) is 72.2 Å². The number of aryl methyl sites for hydroxylation is 1. The van der Waals surface area contributed by atoms with E-state index in [1.54, 1.807) is 6.20 Å². The first-order chi connectivity index (χ1) is 14.2. The molecule has 1 N–H and O–H groups in total. The SMILES string of the molecule is Cn1c(C2CCCN(C(=O)c3cn[nH]c3-c3ccccc3)C2)nc2ccccc21. The fourth-order valence-electron chi connectivity index (χ4n) is 4.35. The largest absolute Gasteiger partial charge is 0.338 e. The lowest BCUT2D eigenvalue weighted by Gasteiger charge is -2.32. The molecule has 1 unspecified atom stereocenters. The number of hydrogen-bond acceptors (Lipinski definition) is 3. The molecule has 1 saturated heterocycles. The number of likely N-dealkylation sites (tertiary alicyclic amines) is 1. The maximum atomic E-state index is 13.3. The Morgan fingerprint density at radius 3 is 2.72 bits per heavy atom. The van der Waals surface area contributed by atoms with E-state index in [4.69, 9.17) is 4.98 Å². The Hall–Kier alpha value is -3.41. The predicted octanol–water partition coefficient (Wildman–Crippen LogP) is 3.98. The highest BCUT2D eigenvalue weighted by Crippen LogP contribution is 2.30.